The summed E-state index contributed by atoms with van der Waals surface area (Å²) in [5.74, 6) is 0. The van der Waals surface area contributed by atoms with Crippen LogP contribution in [0.2, 0.25) is 0 Å². The lowest BCUT2D eigenvalue weighted by atomic mass is 10.4. The zero-order chi connectivity index (χ0) is 8.97. The molecular weight excluding hydrogens is 152 g/mol. The molecule has 3 heteroatoms. The van der Waals surface area contributed by atoms with Crippen molar-refractivity contribution in [2.75, 3.05) is 7.11 Å². The van der Waals surface area contributed by atoms with Crippen LogP contribution in [0.25, 0.3) is 0 Å². The first-order valence-electron chi connectivity index (χ1n) is 3.85. The zero-order valence-electron chi connectivity index (χ0n) is 7.32. The second-order valence-corrected chi connectivity index (χ2v) is 2.76. The highest BCUT2D eigenvalue weighted by Gasteiger charge is 2.00. The fraction of sp³-hybridized carbons (Fsp3) is 0.444. The van der Waals surface area contributed by atoms with E-state index in [1.807, 2.05) is 23.9 Å². The van der Waals surface area contributed by atoms with Gasteiger partial charge >= 0.3 is 0 Å². The van der Waals surface area contributed by atoms with E-state index >= 15 is 0 Å². The largest absolute Gasteiger partial charge is 0.380 e. The summed E-state index contributed by atoms with van der Waals surface area (Å²) in [6, 6.07) is 3.87. The predicted molar refractivity (Wildman–Crippen MR) is 45.6 cm³/mol. The van der Waals surface area contributed by atoms with Gasteiger partial charge < -0.3 is 9.30 Å². The maximum atomic E-state index is 8.55. The van der Waals surface area contributed by atoms with Crippen LogP contribution in [0.3, 0.4) is 0 Å². The molecule has 0 fully saturated rings. The smallest absolute Gasteiger partial charge is 0.101 e. The number of methoxy groups -OCH3 is 1. The van der Waals surface area contributed by atoms with Gasteiger partial charge in [0.1, 0.15) is 6.07 Å². The van der Waals surface area contributed by atoms with Gasteiger partial charge in [-0.1, -0.05) is 0 Å². The Morgan fingerprint density at radius 3 is 3.00 bits per heavy atom. The zero-order valence-corrected chi connectivity index (χ0v) is 7.32. The highest BCUT2D eigenvalue weighted by atomic mass is 16.5. The van der Waals surface area contributed by atoms with Crippen LogP contribution in [0.5, 0.6) is 0 Å². The first kappa shape index (κ1) is 8.82. The van der Waals surface area contributed by atoms with Crippen molar-refractivity contribution in [2.45, 2.75) is 19.6 Å². The number of aromatic nitrogens is 1. The molecule has 0 aliphatic rings. The van der Waals surface area contributed by atoms with E-state index in [0.29, 0.717) is 5.56 Å². The molecule has 1 atom stereocenters. The molecule has 3 nitrogen and oxygen atoms in total. The molecule has 1 rings (SSSR count). The first-order valence-corrected chi connectivity index (χ1v) is 3.85. The van der Waals surface area contributed by atoms with Gasteiger partial charge in [0.2, 0.25) is 0 Å². The molecule has 1 heterocycles. The molecule has 1 aromatic rings. The third-order valence-corrected chi connectivity index (χ3v) is 1.75. The van der Waals surface area contributed by atoms with Crippen LogP contribution < -0.4 is 0 Å². The Morgan fingerprint density at radius 2 is 2.50 bits per heavy atom. The molecular formula is C9H12N2O. The Balaban J connectivity index is 2.59. The van der Waals surface area contributed by atoms with Gasteiger partial charge in [-0.05, 0) is 13.0 Å². The fourth-order valence-electron chi connectivity index (χ4n) is 0.992. The number of hydrogen-bond donors (Lipinski definition) is 0. The van der Waals surface area contributed by atoms with Crippen LogP contribution in [0.4, 0.5) is 0 Å². The molecule has 1 unspecified atom stereocenters. The monoisotopic (exact) mass is 164 g/mol. The Morgan fingerprint density at radius 1 is 1.75 bits per heavy atom. The number of hydrogen-bond acceptors (Lipinski definition) is 2. The highest BCUT2D eigenvalue weighted by Crippen LogP contribution is 2.01. The van der Waals surface area contributed by atoms with E-state index in [2.05, 4.69) is 6.07 Å². The average molecular weight is 164 g/mol. The summed E-state index contributed by atoms with van der Waals surface area (Å²) in [7, 11) is 1.68. The standard InChI is InChI=1S/C9H12N2O/c1-8(12-2)6-11-4-3-9(5-10)7-11/h3-4,7-8H,6H2,1-2H3. The maximum absolute atomic E-state index is 8.55. The Bertz CT molecular complexity index is 285. The van der Waals surface area contributed by atoms with Crippen molar-refractivity contribution in [3.05, 3.63) is 24.0 Å². The van der Waals surface area contributed by atoms with Gasteiger partial charge in [0.15, 0.2) is 0 Å². The molecule has 0 spiro atoms. The highest BCUT2D eigenvalue weighted by molar-refractivity contribution is 5.25. The third-order valence-electron chi connectivity index (χ3n) is 1.75. The van der Waals surface area contributed by atoms with E-state index in [9.17, 15) is 0 Å². The number of ether oxygens (including phenoxy) is 1. The van der Waals surface area contributed by atoms with Crippen molar-refractivity contribution in [2.24, 2.45) is 0 Å². The summed E-state index contributed by atoms with van der Waals surface area (Å²) in [6.45, 7) is 2.78. The van der Waals surface area contributed by atoms with Gasteiger partial charge in [-0.15, -0.1) is 0 Å². The lowest BCUT2D eigenvalue weighted by Crippen LogP contribution is -2.13. The van der Waals surface area contributed by atoms with E-state index in [1.54, 1.807) is 13.2 Å². The van der Waals surface area contributed by atoms with Crippen LogP contribution in [0, 0.1) is 11.3 Å². The van der Waals surface area contributed by atoms with Crippen molar-refractivity contribution >= 4 is 0 Å². The average Bonchev–Trinajstić information content (AvgIpc) is 2.52. The lowest BCUT2D eigenvalue weighted by Gasteiger charge is -2.09. The molecule has 0 saturated carbocycles. The lowest BCUT2D eigenvalue weighted by molar-refractivity contribution is 0.103. The summed E-state index contributed by atoms with van der Waals surface area (Å²) in [5, 5.41) is 8.55. The van der Waals surface area contributed by atoms with Crippen molar-refractivity contribution in [1.82, 2.24) is 4.57 Å². The van der Waals surface area contributed by atoms with Gasteiger partial charge in [0.05, 0.1) is 11.7 Å². The normalized spacial score (nSPS) is 12.4. The van der Waals surface area contributed by atoms with Crippen LogP contribution in [-0.4, -0.2) is 17.8 Å². The molecule has 12 heavy (non-hydrogen) atoms. The second-order valence-electron chi connectivity index (χ2n) is 2.76. The molecule has 0 saturated heterocycles. The van der Waals surface area contributed by atoms with Crippen molar-refractivity contribution in [3.63, 3.8) is 0 Å². The van der Waals surface area contributed by atoms with Gasteiger partial charge in [-0.2, -0.15) is 5.26 Å². The molecule has 0 aliphatic heterocycles. The molecule has 0 N–H and O–H groups in total. The van der Waals surface area contributed by atoms with Crippen LogP contribution in [-0.2, 0) is 11.3 Å². The molecule has 64 valence electrons. The molecule has 0 amide bonds. The number of nitrogens with zero attached hydrogens (tertiary/aromatic N) is 2. The fourth-order valence-corrected chi connectivity index (χ4v) is 0.992. The van der Waals surface area contributed by atoms with Crippen molar-refractivity contribution in [3.8, 4) is 6.07 Å². The van der Waals surface area contributed by atoms with E-state index in [0.717, 1.165) is 6.54 Å². The second kappa shape index (κ2) is 3.93. The van der Waals surface area contributed by atoms with Gasteiger partial charge in [0, 0.05) is 26.0 Å². The van der Waals surface area contributed by atoms with Crippen molar-refractivity contribution in [1.29, 1.82) is 5.26 Å². The van der Waals surface area contributed by atoms with Crippen LogP contribution >= 0.6 is 0 Å². The molecule has 1 aromatic heterocycles. The third kappa shape index (κ3) is 2.11. The SMILES string of the molecule is COC(C)Cn1ccc(C#N)c1. The van der Waals surface area contributed by atoms with E-state index < -0.39 is 0 Å². The summed E-state index contributed by atoms with van der Waals surface area (Å²) < 4.78 is 7.04. The Labute approximate surface area is 72.2 Å². The molecule has 0 radical (unpaired) electrons. The van der Waals surface area contributed by atoms with Crippen LogP contribution in [0.15, 0.2) is 18.5 Å². The van der Waals surface area contributed by atoms with Gasteiger partial charge in [-0.3, -0.25) is 0 Å². The molecule has 0 aliphatic carbocycles. The minimum atomic E-state index is 0.184. The summed E-state index contributed by atoms with van der Waals surface area (Å²) >= 11 is 0. The van der Waals surface area contributed by atoms with E-state index in [-0.39, 0.29) is 6.10 Å². The summed E-state index contributed by atoms with van der Waals surface area (Å²) in [4.78, 5) is 0. The molecule has 0 bridgehead atoms. The minimum Gasteiger partial charge on any atom is -0.380 e. The van der Waals surface area contributed by atoms with Crippen molar-refractivity contribution < 1.29 is 4.74 Å². The van der Waals surface area contributed by atoms with Gasteiger partial charge in [0.25, 0.3) is 0 Å². The number of rotatable bonds is 3. The van der Waals surface area contributed by atoms with E-state index in [4.69, 9.17) is 10.00 Å². The quantitative estimate of drug-likeness (QED) is 0.677. The Hall–Kier alpha value is -1.27. The topological polar surface area (TPSA) is 38.0 Å². The van der Waals surface area contributed by atoms with Crippen LogP contribution in [0.1, 0.15) is 12.5 Å². The molecule has 0 aromatic carbocycles. The predicted octanol–water partition coefficient (Wildman–Crippen LogP) is 1.39. The van der Waals surface area contributed by atoms with E-state index in [1.165, 1.54) is 0 Å². The summed E-state index contributed by atoms with van der Waals surface area (Å²) in [6.07, 6.45) is 3.88. The first-order chi connectivity index (χ1) is 5.76. The maximum Gasteiger partial charge on any atom is 0.101 e. The Kier molecular flexibility index (Phi) is 2.89. The minimum absolute atomic E-state index is 0.184. The number of nitriles is 1. The summed E-state index contributed by atoms with van der Waals surface area (Å²) in [5.41, 5.74) is 0.693. The van der Waals surface area contributed by atoms with Gasteiger partial charge in [-0.25, -0.2) is 0 Å².